The average molecular weight is 343 g/mol. The van der Waals surface area contributed by atoms with E-state index in [4.69, 9.17) is 0 Å². The van der Waals surface area contributed by atoms with Crippen LogP contribution in [0.15, 0.2) is 6.20 Å². The third-order valence-corrected chi connectivity index (χ3v) is 5.26. The normalized spacial score (nSPS) is 17.9. The Labute approximate surface area is 149 Å². The number of aryl methyl sites for hydroxylation is 3. The first-order valence-electron chi connectivity index (χ1n) is 9.33. The van der Waals surface area contributed by atoms with E-state index in [0.29, 0.717) is 5.92 Å². The second kappa shape index (κ2) is 7.42. The number of aromatic amines is 1. The molecule has 0 bridgehead atoms. The molecule has 0 unspecified atom stereocenters. The Morgan fingerprint density at radius 2 is 2.16 bits per heavy atom. The molecule has 1 aliphatic heterocycles. The Kier molecular flexibility index (Phi) is 5.25. The lowest BCUT2D eigenvalue weighted by Crippen LogP contribution is -2.41. The van der Waals surface area contributed by atoms with Crippen molar-refractivity contribution in [3.63, 3.8) is 0 Å². The number of amides is 1. The van der Waals surface area contributed by atoms with E-state index in [1.165, 1.54) is 11.3 Å². The fraction of sp³-hybridized carbons (Fsp3) is 0.632. The van der Waals surface area contributed by atoms with Gasteiger partial charge in [0.05, 0.1) is 17.5 Å². The van der Waals surface area contributed by atoms with Gasteiger partial charge in [-0.15, -0.1) is 0 Å². The second-order valence-electron chi connectivity index (χ2n) is 7.26. The summed E-state index contributed by atoms with van der Waals surface area (Å²) in [6.07, 6.45) is 6.07. The number of carbonyl (C=O) groups is 1. The van der Waals surface area contributed by atoms with Gasteiger partial charge in [0.25, 0.3) is 5.91 Å². The fourth-order valence-corrected chi connectivity index (χ4v) is 3.88. The Hall–Kier alpha value is -2.11. The zero-order valence-corrected chi connectivity index (χ0v) is 15.8. The zero-order chi connectivity index (χ0) is 18.0. The minimum absolute atomic E-state index is 0.142. The summed E-state index contributed by atoms with van der Waals surface area (Å²) < 4.78 is 1.97. The third kappa shape index (κ3) is 3.62. The Morgan fingerprint density at radius 3 is 2.84 bits per heavy atom. The smallest absolute Gasteiger partial charge is 0.257 e. The molecule has 1 N–H and O–H groups in total. The van der Waals surface area contributed by atoms with Crippen molar-refractivity contribution >= 4 is 5.91 Å². The summed E-state index contributed by atoms with van der Waals surface area (Å²) in [4.78, 5) is 15.1. The quantitative estimate of drug-likeness (QED) is 0.907. The molecule has 2 aromatic heterocycles. The maximum atomic E-state index is 13.1. The number of rotatable bonds is 5. The van der Waals surface area contributed by atoms with Gasteiger partial charge in [0.1, 0.15) is 0 Å². The van der Waals surface area contributed by atoms with Gasteiger partial charge in [-0.25, -0.2) is 0 Å². The predicted octanol–water partition coefficient (Wildman–Crippen LogP) is 3.04. The first kappa shape index (κ1) is 17.7. The molecule has 0 radical (unpaired) electrons. The molecule has 0 aromatic carbocycles. The number of carbonyl (C=O) groups excluding carboxylic acids is 1. The van der Waals surface area contributed by atoms with Crippen molar-refractivity contribution in [2.45, 2.75) is 59.9 Å². The lowest BCUT2D eigenvalue weighted by Gasteiger charge is -2.33. The average Bonchev–Trinajstić information content (AvgIpc) is 3.11. The predicted molar refractivity (Wildman–Crippen MR) is 97.6 cm³/mol. The molecule has 3 rings (SSSR count). The van der Waals surface area contributed by atoms with Crippen LogP contribution >= 0.6 is 0 Å². The number of hydrogen-bond donors (Lipinski definition) is 1. The van der Waals surface area contributed by atoms with Crippen molar-refractivity contribution in [3.05, 3.63) is 34.4 Å². The van der Waals surface area contributed by atoms with E-state index in [2.05, 4.69) is 29.1 Å². The van der Waals surface area contributed by atoms with Gasteiger partial charge in [-0.1, -0.05) is 6.92 Å². The maximum absolute atomic E-state index is 13.1. The van der Waals surface area contributed by atoms with Gasteiger partial charge in [0.15, 0.2) is 0 Å². The fourth-order valence-electron chi connectivity index (χ4n) is 3.88. The molecule has 0 aliphatic carbocycles. The van der Waals surface area contributed by atoms with Gasteiger partial charge in [-0.05, 0) is 57.9 Å². The van der Waals surface area contributed by atoms with Crippen molar-refractivity contribution < 1.29 is 4.79 Å². The van der Waals surface area contributed by atoms with Crippen LogP contribution in [-0.4, -0.2) is 43.9 Å². The van der Waals surface area contributed by atoms with Crippen LogP contribution in [-0.2, 0) is 13.0 Å². The first-order valence-corrected chi connectivity index (χ1v) is 9.33. The number of H-pyrrole nitrogens is 1. The zero-order valence-electron chi connectivity index (χ0n) is 15.8. The molecule has 6 nitrogen and oxygen atoms in total. The largest absolute Gasteiger partial charge is 0.338 e. The number of aromatic nitrogens is 4. The van der Waals surface area contributed by atoms with Crippen LogP contribution in [0.4, 0.5) is 0 Å². The number of hydrogen-bond acceptors (Lipinski definition) is 3. The minimum atomic E-state index is 0.142. The van der Waals surface area contributed by atoms with Crippen LogP contribution in [0, 0.1) is 26.7 Å². The van der Waals surface area contributed by atoms with Crippen LogP contribution < -0.4 is 0 Å². The summed E-state index contributed by atoms with van der Waals surface area (Å²) in [5, 5.41) is 11.8. The monoisotopic (exact) mass is 343 g/mol. The summed E-state index contributed by atoms with van der Waals surface area (Å²) in [6, 6.07) is 0. The van der Waals surface area contributed by atoms with E-state index in [9.17, 15) is 4.79 Å². The first-order chi connectivity index (χ1) is 12.0. The number of nitrogens with one attached hydrogen (secondary N) is 1. The summed E-state index contributed by atoms with van der Waals surface area (Å²) in [5.74, 6) is 0.631. The Morgan fingerprint density at radius 1 is 1.36 bits per heavy atom. The highest BCUT2D eigenvalue weighted by molar-refractivity contribution is 5.96. The molecule has 2 aromatic rings. The van der Waals surface area contributed by atoms with E-state index >= 15 is 0 Å². The molecular formula is C19H29N5O. The number of piperidine rings is 1. The van der Waals surface area contributed by atoms with Crippen molar-refractivity contribution in [1.29, 1.82) is 0 Å². The van der Waals surface area contributed by atoms with Crippen LogP contribution in [0.2, 0.25) is 0 Å². The molecule has 1 amide bonds. The molecule has 136 valence electrons. The summed E-state index contributed by atoms with van der Waals surface area (Å²) in [6.45, 7) is 10.7. The number of likely N-dealkylation sites (tertiary alicyclic amines) is 1. The van der Waals surface area contributed by atoms with E-state index in [0.717, 1.165) is 62.3 Å². The van der Waals surface area contributed by atoms with E-state index in [-0.39, 0.29) is 5.91 Å². The Bertz CT molecular complexity index is 745. The van der Waals surface area contributed by atoms with E-state index in [1.807, 2.05) is 29.6 Å². The van der Waals surface area contributed by atoms with Crippen molar-refractivity contribution in [1.82, 2.24) is 24.9 Å². The summed E-state index contributed by atoms with van der Waals surface area (Å²) >= 11 is 0. The lowest BCUT2D eigenvalue weighted by molar-refractivity contribution is 0.0671. The van der Waals surface area contributed by atoms with Gasteiger partial charge < -0.3 is 4.90 Å². The van der Waals surface area contributed by atoms with E-state index in [1.54, 1.807) is 0 Å². The molecule has 1 aliphatic rings. The lowest BCUT2D eigenvalue weighted by atomic mass is 9.92. The standard InChI is InChI=1S/C19H29N5O/c1-5-8-24-15(4)18(14(3)22-24)19(25)23-9-6-7-16(12-23)10-17-13(2)11-20-21-17/h11,16H,5-10,12H2,1-4H3,(H,20,21)/t16-/m0/s1. The molecule has 6 heteroatoms. The highest BCUT2D eigenvalue weighted by Gasteiger charge is 2.28. The van der Waals surface area contributed by atoms with Crippen LogP contribution in [0.3, 0.4) is 0 Å². The maximum Gasteiger partial charge on any atom is 0.257 e. The van der Waals surface area contributed by atoms with Crippen LogP contribution in [0.1, 0.15) is 59.2 Å². The molecule has 25 heavy (non-hydrogen) atoms. The molecule has 1 fully saturated rings. The topological polar surface area (TPSA) is 66.8 Å². The van der Waals surface area contributed by atoms with Gasteiger partial charge in [-0.2, -0.15) is 10.2 Å². The van der Waals surface area contributed by atoms with Crippen LogP contribution in [0.5, 0.6) is 0 Å². The minimum Gasteiger partial charge on any atom is -0.338 e. The van der Waals surface area contributed by atoms with Gasteiger partial charge in [0.2, 0.25) is 0 Å². The molecule has 3 heterocycles. The molecule has 1 atom stereocenters. The van der Waals surface area contributed by atoms with Gasteiger partial charge in [-0.3, -0.25) is 14.6 Å². The van der Waals surface area contributed by atoms with Crippen LogP contribution in [0.25, 0.3) is 0 Å². The highest BCUT2D eigenvalue weighted by Crippen LogP contribution is 2.24. The SMILES string of the molecule is CCCn1nc(C)c(C(=O)N2CCC[C@@H](Cc3[nH]ncc3C)C2)c1C. The molecule has 1 saturated heterocycles. The summed E-state index contributed by atoms with van der Waals surface area (Å²) in [5.41, 5.74) is 5.04. The molecular weight excluding hydrogens is 314 g/mol. The van der Waals surface area contributed by atoms with Crippen molar-refractivity contribution in [3.8, 4) is 0 Å². The highest BCUT2D eigenvalue weighted by atomic mass is 16.2. The Balaban J connectivity index is 1.73. The number of nitrogens with zero attached hydrogens (tertiary/aromatic N) is 4. The summed E-state index contributed by atoms with van der Waals surface area (Å²) in [7, 11) is 0. The third-order valence-electron chi connectivity index (χ3n) is 5.26. The molecule has 0 saturated carbocycles. The van der Waals surface area contributed by atoms with E-state index < -0.39 is 0 Å². The van der Waals surface area contributed by atoms with Gasteiger partial charge in [0, 0.05) is 31.0 Å². The second-order valence-corrected chi connectivity index (χ2v) is 7.26. The van der Waals surface area contributed by atoms with Crippen molar-refractivity contribution in [2.24, 2.45) is 5.92 Å². The van der Waals surface area contributed by atoms with Crippen molar-refractivity contribution in [2.75, 3.05) is 13.1 Å². The van der Waals surface area contributed by atoms with Gasteiger partial charge >= 0.3 is 0 Å². The molecule has 0 spiro atoms.